The van der Waals surface area contributed by atoms with E-state index in [-0.39, 0.29) is 31.0 Å². The number of hydrogen-bond acceptors (Lipinski definition) is 10. The number of piperazine rings is 1. The summed E-state index contributed by atoms with van der Waals surface area (Å²) in [5.41, 5.74) is 3.06. The Morgan fingerprint density at radius 3 is 2.67 bits per heavy atom. The molecule has 0 spiro atoms. The number of rotatable bonds is 9. The molecule has 0 aliphatic carbocycles. The van der Waals surface area contributed by atoms with Gasteiger partial charge in [0.2, 0.25) is 11.9 Å². The molecule has 43 heavy (non-hydrogen) atoms. The number of hydrogen-bond donors (Lipinski definition) is 3. The number of pyridine rings is 1. The van der Waals surface area contributed by atoms with E-state index in [1.165, 1.54) is 11.1 Å². The van der Waals surface area contributed by atoms with Gasteiger partial charge in [-0.15, -0.1) is 0 Å². The van der Waals surface area contributed by atoms with E-state index in [0.717, 1.165) is 37.6 Å². The number of fused-ring (bicyclic) bond motifs is 1. The molecule has 3 N–H and O–H groups in total. The lowest BCUT2D eigenvalue weighted by atomic mass is 10.0. The van der Waals surface area contributed by atoms with E-state index < -0.39 is 12.1 Å². The van der Waals surface area contributed by atoms with Gasteiger partial charge >= 0.3 is 0 Å². The Kier molecular flexibility index (Phi) is 8.44. The van der Waals surface area contributed by atoms with Gasteiger partial charge in [0.1, 0.15) is 11.9 Å². The molecule has 1 unspecified atom stereocenters. The summed E-state index contributed by atoms with van der Waals surface area (Å²) in [6, 6.07) is 9.78. The standard InChI is InChI=1S/C30H35ClN8O4/c1-18(28(41)35-25(15-40)24-4-3-5-26(34-24)38-10-8-37(2)9-11-38)39-14-20-7-6-19(12-22(20)29(39)42)27-23(31)13-32-30(36-27)33-21-16-43-17-21/h3-7,12-13,18,21,25,40H,8-11,14-17H2,1-2H3,(H,35,41)(H,32,33,36)/t18-,25?/m1/s1. The number of aliphatic hydroxyl groups excluding tert-OH is 1. The van der Waals surface area contributed by atoms with Crippen LogP contribution in [0.2, 0.25) is 5.02 Å². The lowest BCUT2D eigenvalue weighted by Crippen LogP contribution is -2.47. The maximum absolute atomic E-state index is 13.5. The molecule has 0 bridgehead atoms. The third-order valence-corrected chi connectivity index (χ3v) is 8.49. The van der Waals surface area contributed by atoms with Gasteiger partial charge in [-0.05, 0) is 37.7 Å². The van der Waals surface area contributed by atoms with Crippen LogP contribution in [0.5, 0.6) is 0 Å². The average molecular weight is 607 g/mol. The molecule has 226 valence electrons. The molecular formula is C30H35ClN8O4. The van der Waals surface area contributed by atoms with Crippen LogP contribution in [0.1, 0.15) is 34.6 Å². The van der Waals surface area contributed by atoms with Crippen LogP contribution in [0.3, 0.4) is 0 Å². The molecule has 3 aromatic rings. The van der Waals surface area contributed by atoms with Gasteiger partial charge in [0.25, 0.3) is 5.91 Å². The van der Waals surface area contributed by atoms with Gasteiger partial charge < -0.3 is 35.2 Å². The number of nitrogens with one attached hydrogen (secondary N) is 2. The number of aliphatic hydroxyl groups is 1. The van der Waals surface area contributed by atoms with Crippen molar-refractivity contribution in [3.63, 3.8) is 0 Å². The first-order valence-electron chi connectivity index (χ1n) is 14.4. The normalized spacial score (nSPS) is 18.7. The fourth-order valence-electron chi connectivity index (χ4n) is 5.42. The summed E-state index contributed by atoms with van der Waals surface area (Å²) in [4.78, 5) is 46.5. The van der Waals surface area contributed by atoms with E-state index in [4.69, 9.17) is 21.3 Å². The predicted octanol–water partition coefficient (Wildman–Crippen LogP) is 1.95. The molecule has 3 aliphatic heterocycles. The lowest BCUT2D eigenvalue weighted by molar-refractivity contribution is -0.126. The predicted molar refractivity (Wildman–Crippen MR) is 162 cm³/mol. The second-order valence-electron chi connectivity index (χ2n) is 11.2. The lowest BCUT2D eigenvalue weighted by Gasteiger charge is -2.33. The Balaban J connectivity index is 1.14. The molecule has 2 atom stereocenters. The van der Waals surface area contributed by atoms with Crippen molar-refractivity contribution in [1.29, 1.82) is 0 Å². The van der Waals surface area contributed by atoms with E-state index in [0.29, 0.717) is 46.7 Å². The Morgan fingerprint density at radius 1 is 1.16 bits per heavy atom. The molecule has 12 nitrogen and oxygen atoms in total. The smallest absolute Gasteiger partial charge is 0.255 e. The molecule has 3 aliphatic rings. The van der Waals surface area contributed by atoms with Gasteiger partial charge in [0, 0.05) is 43.9 Å². The number of ether oxygens (including phenoxy) is 1. The number of anilines is 2. The molecule has 0 saturated carbocycles. The highest BCUT2D eigenvalue weighted by Crippen LogP contribution is 2.32. The van der Waals surface area contributed by atoms with Crippen molar-refractivity contribution in [2.45, 2.75) is 31.6 Å². The third kappa shape index (κ3) is 6.14. The fraction of sp³-hybridized carbons (Fsp3) is 0.433. The molecule has 1 aromatic carbocycles. The Hall–Kier alpha value is -3.84. The monoisotopic (exact) mass is 606 g/mol. The zero-order valence-electron chi connectivity index (χ0n) is 24.2. The van der Waals surface area contributed by atoms with E-state index in [9.17, 15) is 14.7 Å². The summed E-state index contributed by atoms with van der Waals surface area (Å²) >= 11 is 6.44. The topological polar surface area (TPSA) is 136 Å². The number of carbonyl (C=O) groups is 2. The molecule has 2 fully saturated rings. The third-order valence-electron chi connectivity index (χ3n) is 8.22. The van der Waals surface area contributed by atoms with Crippen molar-refractivity contribution < 1.29 is 19.4 Å². The van der Waals surface area contributed by atoms with Crippen LogP contribution >= 0.6 is 11.6 Å². The van der Waals surface area contributed by atoms with Crippen LogP contribution in [0.25, 0.3) is 11.3 Å². The number of likely N-dealkylation sites (N-methyl/N-ethyl adjacent to an activating group) is 1. The van der Waals surface area contributed by atoms with Crippen molar-refractivity contribution in [3.05, 3.63) is 64.4 Å². The van der Waals surface area contributed by atoms with Crippen LogP contribution in [0, 0.1) is 0 Å². The second-order valence-corrected chi connectivity index (χ2v) is 11.6. The molecular weight excluding hydrogens is 572 g/mol. The zero-order valence-corrected chi connectivity index (χ0v) is 24.9. The number of nitrogens with zero attached hydrogens (tertiary/aromatic N) is 6. The van der Waals surface area contributed by atoms with Crippen molar-refractivity contribution in [1.82, 2.24) is 30.1 Å². The van der Waals surface area contributed by atoms with Gasteiger partial charge in [-0.25, -0.2) is 15.0 Å². The van der Waals surface area contributed by atoms with E-state index in [1.54, 1.807) is 19.1 Å². The molecule has 2 amide bonds. The van der Waals surface area contributed by atoms with Crippen LogP contribution in [-0.2, 0) is 16.1 Å². The molecule has 2 saturated heterocycles. The van der Waals surface area contributed by atoms with Gasteiger partial charge in [0.05, 0.1) is 54.5 Å². The number of carbonyl (C=O) groups excluding carboxylic acids is 2. The maximum Gasteiger partial charge on any atom is 0.255 e. The number of benzene rings is 1. The van der Waals surface area contributed by atoms with Crippen molar-refractivity contribution >= 4 is 35.2 Å². The highest BCUT2D eigenvalue weighted by molar-refractivity contribution is 6.33. The number of aromatic nitrogens is 3. The average Bonchev–Trinajstić information content (AvgIpc) is 3.33. The van der Waals surface area contributed by atoms with Crippen molar-refractivity contribution in [2.75, 3.05) is 63.3 Å². The van der Waals surface area contributed by atoms with Gasteiger partial charge in [-0.2, -0.15) is 0 Å². The van der Waals surface area contributed by atoms with Gasteiger partial charge in [-0.3, -0.25) is 9.59 Å². The molecule has 13 heteroatoms. The fourth-order valence-corrected chi connectivity index (χ4v) is 5.62. The molecule has 6 rings (SSSR count). The summed E-state index contributed by atoms with van der Waals surface area (Å²) in [5.74, 6) is 0.622. The van der Waals surface area contributed by atoms with Gasteiger partial charge in [-0.1, -0.05) is 29.8 Å². The quantitative estimate of drug-likeness (QED) is 0.332. The van der Waals surface area contributed by atoms with E-state index >= 15 is 0 Å². The van der Waals surface area contributed by atoms with E-state index in [2.05, 4.69) is 37.4 Å². The minimum Gasteiger partial charge on any atom is -0.394 e. The Bertz CT molecular complexity index is 1510. The summed E-state index contributed by atoms with van der Waals surface area (Å²) < 4.78 is 5.20. The number of amides is 2. The maximum atomic E-state index is 13.5. The molecule has 5 heterocycles. The summed E-state index contributed by atoms with van der Waals surface area (Å²) in [5, 5.41) is 16.6. The highest BCUT2D eigenvalue weighted by atomic mass is 35.5. The second kappa shape index (κ2) is 12.4. The van der Waals surface area contributed by atoms with Crippen LogP contribution in [-0.4, -0.2) is 107 Å². The van der Waals surface area contributed by atoms with Crippen LogP contribution in [0.4, 0.5) is 11.8 Å². The molecule has 0 radical (unpaired) electrons. The van der Waals surface area contributed by atoms with Crippen molar-refractivity contribution in [2.24, 2.45) is 0 Å². The Labute approximate surface area is 255 Å². The largest absolute Gasteiger partial charge is 0.394 e. The van der Waals surface area contributed by atoms with Crippen molar-refractivity contribution in [3.8, 4) is 11.3 Å². The molecule has 2 aromatic heterocycles. The summed E-state index contributed by atoms with van der Waals surface area (Å²) in [7, 11) is 2.09. The first-order chi connectivity index (χ1) is 20.8. The summed E-state index contributed by atoms with van der Waals surface area (Å²) in [6.45, 7) is 6.44. The van der Waals surface area contributed by atoms with Crippen LogP contribution < -0.4 is 15.5 Å². The highest BCUT2D eigenvalue weighted by Gasteiger charge is 2.35. The minimum absolute atomic E-state index is 0.152. The van der Waals surface area contributed by atoms with E-state index in [1.807, 2.05) is 24.3 Å². The first kappa shape index (κ1) is 29.2. The minimum atomic E-state index is -0.777. The van der Waals surface area contributed by atoms with Gasteiger partial charge in [0.15, 0.2) is 0 Å². The summed E-state index contributed by atoms with van der Waals surface area (Å²) in [6.07, 6.45) is 1.53. The number of halogens is 1. The zero-order chi connectivity index (χ0) is 30.1. The Morgan fingerprint density at radius 2 is 1.95 bits per heavy atom. The SMILES string of the molecule is C[C@H](C(=O)NC(CO)c1cccc(N2CCN(C)CC2)n1)N1Cc2ccc(-c3nc(NC4COC4)ncc3Cl)cc2C1=O. The van der Waals surface area contributed by atoms with Crippen LogP contribution in [0.15, 0.2) is 42.6 Å². The first-order valence-corrected chi connectivity index (χ1v) is 14.8.